The Morgan fingerprint density at radius 2 is 2.11 bits per heavy atom. The molecular weight excluding hydrogens is 314 g/mol. The fourth-order valence-electron chi connectivity index (χ4n) is 2.53. The van der Waals surface area contributed by atoms with Crippen LogP contribution in [0.2, 0.25) is 5.02 Å². The van der Waals surface area contributed by atoms with E-state index < -0.39 is 0 Å². The lowest BCUT2D eigenvalue weighted by molar-refractivity contribution is 0.0910. The molecule has 18 heavy (non-hydrogen) atoms. The van der Waals surface area contributed by atoms with Crippen molar-refractivity contribution in [1.82, 2.24) is 5.32 Å². The van der Waals surface area contributed by atoms with Gasteiger partial charge >= 0.3 is 0 Å². The zero-order valence-corrected chi connectivity index (χ0v) is 12.8. The highest BCUT2D eigenvalue weighted by atomic mass is 79.9. The molecule has 4 heteroatoms. The monoisotopic (exact) mass is 329 g/mol. The minimum atomic E-state index is -0.0663. The van der Waals surface area contributed by atoms with Gasteiger partial charge in [-0.25, -0.2) is 0 Å². The average Bonchev–Trinajstić information content (AvgIpc) is 2.78. The predicted octanol–water partition coefficient (Wildman–Crippen LogP) is 4.09. The highest BCUT2D eigenvalue weighted by Crippen LogP contribution is 2.31. The van der Waals surface area contributed by atoms with Crippen LogP contribution in [0.25, 0.3) is 0 Å². The summed E-state index contributed by atoms with van der Waals surface area (Å²) in [5.41, 5.74) is 1.57. The standard InChI is InChI=1S/C14H17BrClNO/c1-10-8-11(16)4-5-12(10)13(18)17-14(9-15)6-2-3-7-14/h4-5,8H,2-3,6-7,9H2,1H3,(H,17,18). The lowest BCUT2D eigenvalue weighted by Gasteiger charge is -2.28. The van der Waals surface area contributed by atoms with Crippen molar-refractivity contribution in [2.75, 3.05) is 5.33 Å². The fraction of sp³-hybridized carbons (Fsp3) is 0.500. The second-order valence-corrected chi connectivity index (χ2v) is 6.03. The van der Waals surface area contributed by atoms with Crippen LogP contribution in [-0.2, 0) is 0 Å². The Balaban J connectivity index is 2.16. The third-order valence-corrected chi connectivity index (χ3v) is 4.94. The summed E-state index contributed by atoms with van der Waals surface area (Å²) in [6.07, 6.45) is 4.48. The summed E-state index contributed by atoms with van der Waals surface area (Å²) in [6.45, 7) is 1.91. The highest BCUT2D eigenvalue weighted by molar-refractivity contribution is 9.09. The van der Waals surface area contributed by atoms with Gasteiger partial charge in [0, 0.05) is 15.9 Å². The number of rotatable bonds is 3. The SMILES string of the molecule is Cc1cc(Cl)ccc1C(=O)NC1(CBr)CCCC1. The van der Waals surface area contributed by atoms with Gasteiger partial charge in [-0.15, -0.1) is 0 Å². The number of alkyl halides is 1. The summed E-state index contributed by atoms with van der Waals surface area (Å²) in [5.74, 6) is 0.00511. The van der Waals surface area contributed by atoms with E-state index in [1.807, 2.05) is 13.0 Å². The number of benzene rings is 1. The molecular formula is C14H17BrClNO. The molecule has 2 nitrogen and oxygen atoms in total. The molecule has 0 unspecified atom stereocenters. The van der Waals surface area contributed by atoms with Crippen molar-refractivity contribution < 1.29 is 4.79 Å². The molecule has 1 aliphatic carbocycles. The first-order valence-corrected chi connectivity index (χ1v) is 7.71. The topological polar surface area (TPSA) is 29.1 Å². The molecule has 1 aromatic rings. The molecule has 1 amide bonds. The summed E-state index contributed by atoms with van der Waals surface area (Å²) in [5, 5.41) is 4.67. The van der Waals surface area contributed by atoms with Crippen LogP contribution < -0.4 is 5.32 Å². The Kier molecular flexibility index (Phi) is 4.33. The first-order valence-electron chi connectivity index (χ1n) is 6.21. The van der Waals surface area contributed by atoms with Gasteiger partial charge < -0.3 is 5.32 Å². The summed E-state index contributed by atoms with van der Waals surface area (Å²) < 4.78 is 0. The minimum Gasteiger partial charge on any atom is -0.346 e. The zero-order chi connectivity index (χ0) is 13.2. The molecule has 0 spiro atoms. The molecule has 0 saturated heterocycles. The van der Waals surface area contributed by atoms with Crippen molar-refractivity contribution in [3.05, 3.63) is 34.3 Å². The Morgan fingerprint density at radius 3 is 2.67 bits per heavy atom. The van der Waals surface area contributed by atoms with Crippen molar-refractivity contribution in [3.8, 4) is 0 Å². The second-order valence-electron chi connectivity index (χ2n) is 5.03. The maximum Gasteiger partial charge on any atom is 0.252 e. The number of aryl methyl sites for hydroxylation is 1. The largest absolute Gasteiger partial charge is 0.346 e. The van der Waals surface area contributed by atoms with Crippen LogP contribution in [0.4, 0.5) is 0 Å². The average molecular weight is 331 g/mol. The third-order valence-electron chi connectivity index (χ3n) is 3.63. The van der Waals surface area contributed by atoms with Crippen LogP contribution in [0.1, 0.15) is 41.6 Å². The van der Waals surface area contributed by atoms with E-state index >= 15 is 0 Å². The van der Waals surface area contributed by atoms with Crippen LogP contribution in [0.15, 0.2) is 18.2 Å². The van der Waals surface area contributed by atoms with Gasteiger partial charge in [0.05, 0.1) is 5.54 Å². The number of nitrogens with one attached hydrogen (secondary N) is 1. The van der Waals surface area contributed by atoms with E-state index in [2.05, 4.69) is 21.2 Å². The zero-order valence-electron chi connectivity index (χ0n) is 10.4. The lowest BCUT2D eigenvalue weighted by Crippen LogP contribution is -2.47. The third kappa shape index (κ3) is 2.89. The van der Waals surface area contributed by atoms with E-state index in [1.165, 1.54) is 12.8 Å². The Labute approximate surface area is 121 Å². The molecule has 98 valence electrons. The van der Waals surface area contributed by atoms with Gasteiger partial charge in [-0.05, 0) is 43.5 Å². The number of amides is 1. The smallest absolute Gasteiger partial charge is 0.252 e. The van der Waals surface area contributed by atoms with Gasteiger partial charge in [0.15, 0.2) is 0 Å². The summed E-state index contributed by atoms with van der Waals surface area (Å²) in [6, 6.07) is 5.38. The van der Waals surface area contributed by atoms with Gasteiger partial charge in [0.25, 0.3) is 5.91 Å². The van der Waals surface area contributed by atoms with Gasteiger partial charge in [-0.1, -0.05) is 40.4 Å². The molecule has 0 heterocycles. The molecule has 0 aromatic heterocycles. The van der Waals surface area contributed by atoms with E-state index in [9.17, 15) is 4.79 Å². The van der Waals surface area contributed by atoms with E-state index in [0.717, 1.165) is 23.7 Å². The van der Waals surface area contributed by atoms with Gasteiger partial charge in [-0.3, -0.25) is 4.79 Å². The van der Waals surface area contributed by atoms with Crippen LogP contribution >= 0.6 is 27.5 Å². The van der Waals surface area contributed by atoms with Crippen molar-refractivity contribution in [2.24, 2.45) is 0 Å². The molecule has 1 N–H and O–H groups in total. The normalized spacial score (nSPS) is 17.7. The number of hydrogen-bond acceptors (Lipinski definition) is 1. The van der Waals surface area contributed by atoms with Crippen LogP contribution in [-0.4, -0.2) is 16.8 Å². The second kappa shape index (κ2) is 5.62. The van der Waals surface area contributed by atoms with Gasteiger partial charge in [-0.2, -0.15) is 0 Å². The molecule has 0 aliphatic heterocycles. The molecule has 1 aromatic carbocycles. The van der Waals surface area contributed by atoms with Crippen LogP contribution in [0.3, 0.4) is 0 Å². The molecule has 0 radical (unpaired) electrons. The first kappa shape index (κ1) is 13.9. The molecule has 1 saturated carbocycles. The van der Waals surface area contributed by atoms with Crippen LogP contribution in [0.5, 0.6) is 0 Å². The Bertz CT molecular complexity index is 455. The maximum atomic E-state index is 12.3. The van der Waals surface area contributed by atoms with E-state index in [-0.39, 0.29) is 11.4 Å². The molecule has 1 aliphatic rings. The van der Waals surface area contributed by atoms with E-state index in [1.54, 1.807) is 12.1 Å². The number of hydrogen-bond donors (Lipinski definition) is 1. The quantitative estimate of drug-likeness (QED) is 0.831. The molecule has 2 rings (SSSR count). The summed E-state index contributed by atoms with van der Waals surface area (Å²) in [4.78, 5) is 12.3. The van der Waals surface area contributed by atoms with Crippen molar-refractivity contribution in [3.63, 3.8) is 0 Å². The summed E-state index contributed by atoms with van der Waals surface area (Å²) >= 11 is 9.44. The van der Waals surface area contributed by atoms with E-state index in [0.29, 0.717) is 10.6 Å². The van der Waals surface area contributed by atoms with E-state index in [4.69, 9.17) is 11.6 Å². The van der Waals surface area contributed by atoms with Crippen molar-refractivity contribution in [2.45, 2.75) is 38.1 Å². The summed E-state index contributed by atoms with van der Waals surface area (Å²) in [7, 11) is 0. The maximum absolute atomic E-state index is 12.3. The first-order chi connectivity index (χ1) is 8.56. The molecule has 1 fully saturated rings. The molecule has 0 atom stereocenters. The van der Waals surface area contributed by atoms with Crippen molar-refractivity contribution in [1.29, 1.82) is 0 Å². The fourth-order valence-corrected chi connectivity index (χ4v) is 3.46. The predicted molar refractivity (Wildman–Crippen MR) is 78.6 cm³/mol. The number of halogens is 2. The van der Waals surface area contributed by atoms with Gasteiger partial charge in [0.1, 0.15) is 0 Å². The lowest BCUT2D eigenvalue weighted by atomic mass is 9.99. The number of carbonyl (C=O) groups excluding carboxylic acids is 1. The minimum absolute atomic E-state index is 0.00511. The van der Waals surface area contributed by atoms with Crippen molar-refractivity contribution >= 4 is 33.4 Å². The Hall–Kier alpha value is -0.540. The number of carbonyl (C=O) groups is 1. The highest BCUT2D eigenvalue weighted by Gasteiger charge is 2.34. The molecule has 0 bridgehead atoms. The van der Waals surface area contributed by atoms with Gasteiger partial charge in [0.2, 0.25) is 0 Å². The Morgan fingerprint density at radius 1 is 1.44 bits per heavy atom. The van der Waals surface area contributed by atoms with Crippen LogP contribution in [0, 0.1) is 6.92 Å².